The zero-order valence-corrected chi connectivity index (χ0v) is 16.1. The van der Waals surface area contributed by atoms with Crippen molar-refractivity contribution in [1.82, 2.24) is 0 Å². The molecule has 0 spiro atoms. The molecule has 1 aromatic rings. The molecule has 1 heteroatoms. The van der Waals surface area contributed by atoms with Crippen LogP contribution >= 0.6 is 0 Å². The van der Waals surface area contributed by atoms with E-state index in [9.17, 15) is 0 Å². The maximum absolute atomic E-state index is 5.90. The van der Waals surface area contributed by atoms with E-state index < -0.39 is 0 Å². The van der Waals surface area contributed by atoms with Crippen molar-refractivity contribution in [2.75, 3.05) is 6.61 Å². The van der Waals surface area contributed by atoms with E-state index in [0.29, 0.717) is 0 Å². The predicted molar refractivity (Wildman–Crippen MR) is 107 cm³/mol. The quantitative estimate of drug-likeness (QED) is 0.376. The smallest absolute Gasteiger partial charge is 0.119 e. The van der Waals surface area contributed by atoms with Crippen molar-refractivity contribution in [2.24, 2.45) is 17.8 Å². The fourth-order valence-corrected chi connectivity index (χ4v) is 5.03. The van der Waals surface area contributed by atoms with Crippen LogP contribution in [0.2, 0.25) is 0 Å². The molecule has 1 unspecified atom stereocenters. The van der Waals surface area contributed by atoms with Crippen molar-refractivity contribution in [1.29, 1.82) is 0 Å². The van der Waals surface area contributed by atoms with Crippen LogP contribution in [-0.2, 0) is 12.8 Å². The summed E-state index contributed by atoms with van der Waals surface area (Å²) in [6.07, 6.45) is 16.7. The van der Waals surface area contributed by atoms with Crippen molar-refractivity contribution in [2.45, 2.75) is 77.6 Å². The van der Waals surface area contributed by atoms with Gasteiger partial charge in [-0.3, -0.25) is 0 Å². The minimum Gasteiger partial charge on any atom is -0.494 e. The first kappa shape index (κ1) is 18.5. The molecule has 1 nitrogen and oxygen atoms in total. The molecule has 3 rings (SSSR count). The Kier molecular flexibility index (Phi) is 7.02. The molecule has 1 saturated carbocycles. The summed E-state index contributed by atoms with van der Waals surface area (Å²) in [5, 5.41) is 0. The highest BCUT2D eigenvalue weighted by Crippen LogP contribution is 2.41. The Balaban J connectivity index is 1.51. The molecule has 0 amide bonds. The highest BCUT2D eigenvalue weighted by atomic mass is 16.5. The van der Waals surface area contributed by atoms with Crippen LogP contribution in [0.15, 0.2) is 30.9 Å². The van der Waals surface area contributed by atoms with E-state index in [1.807, 2.05) is 6.08 Å². The van der Waals surface area contributed by atoms with Gasteiger partial charge in [0.2, 0.25) is 0 Å². The molecule has 138 valence electrons. The molecule has 2 aliphatic rings. The second-order valence-electron chi connectivity index (χ2n) is 8.28. The monoisotopic (exact) mass is 340 g/mol. The van der Waals surface area contributed by atoms with Crippen molar-refractivity contribution < 1.29 is 4.74 Å². The molecule has 1 aromatic carbocycles. The Morgan fingerprint density at radius 1 is 1.08 bits per heavy atom. The van der Waals surface area contributed by atoms with Crippen molar-refractivity contribution in [3.8, 4) is 5.75 Å². The maximum atomic E-state index is 5.90. The topological polar surface area (TPSA) is 9.23 Å². The lowest BCUT2D eigenvalue weighted by Crippen LogP contribution is -2.26. The van der Waals surface area contributed by atoms with E-state index in [4.69, 9.17) is 4.74 Å². The predicted octanol–water partition coefficient (Wildman–Crippen LogP) is 6.74. The van der Waals surface area contributed by atoms with Crippen LogP contribution in [0, 0.1) is 17.8 Å². The minimum atomic E-state index is 0.800. The van der Waals surface area contributed by atoms with Gasteiger partial charge in [-0.2, -0.15) is 0 Å². The second-order valence-corrected chi connectivity index (χ2v) is 8.28. The van der Waals surface area contributed by atoms with Crippen LogP contribution in [0.25, 0.3) is 0 Å². The highest BCUT2D eigenvalue weighted by molar-refractivity contribution is 5.37. The third-order valence-electron chi connectivity index (χ3n) is 6.52. The number of hydrogen-bond donors (Lipinski definition) is 0. The molecule has 0 heterocycles. The fraction of sp³-hybridized carbons (Fsp3) is 0.667. The van der Waals surface area contributed by atoms with Gasteiger partial charge in [0, 0.05) is 0 Å². The van der Waals surface area contributed by atoms with Crippen LogP contribution in [0.4, 0.5) is 0 Å². The van der Waals surface area contributed by atoms with E-state index in [2.05, 4.69) is 31.7 Å². The number of hydrogen-bond acceptors (Lipinski definition) is 1. The molecule has 0 aromatic heterocycles. The maximum Gasteiger partial charge on any atom is 0.119 e. The van der Waals surface area contributed by atoms with E-state index in [1.165, 1.54) is 63.4 Å². The standard InChI is InChI=1S/C24H36O/c1-3-5-6-16-25-24-15-14-22-17-21(12-13-23(22)18-24)20-10-8-19(7-4-2)9-11-20/h3,14-15,18-21H,1,4-13,16-17H2,2H3. The van der Waals surface area contributed by atoms with Crippen LogP contribution in [-0.4, -0.2) is 6.61 Å². The molecule has 0 N–H and O–H groups in total. The van der Waals surface area contributed by atoms with Crippen LogP contribution < -0.4 is 4.74 Å². The summed E-state index contributed by atoms with van der Waals surface area (Å²) < 4.78 is 5.90. The van der Waals surface area contributed by atoms with Crippen molar-refractivity contribution in [3.05, 3.63) is 42.0 Å². The second kappa shape index (κ2) is 9.46. The van der Waals surface area contributed by atoms with E-state index in [-0.39, 0.29) is 0 Å². The summed E-state index contributed by atoms with van der Waals surface area (Å²) in [5.74, 6) is 3.99. The molecular weight excluding hydrogens is 304 g/mol. The van der Waals surface area contributed by atoms with Gasteiger partial charge in [-0.1, -0.05) is 44.7 Å². The van der Waals surface area contributed by atoms with Gasteiger partial charge in [0.1, 0.15) is 5.75 Å². The van der Waals surface area contributed by atoms with E-state index >= 15 is 0 Å². The normalized spacial score (nSPS) is 26.0. The Labute approximate surface area is 154 Å². The molecule has 1 atom stereocenters. The lowest BCUT2D eigenvalue weighted by Gasteiger charge is -2.36. The average molecular weight is 341 g/mol. The molecule has 0 radical (unpaired) electrons. The minimum absolute atomic E-state index is 0.800. The molecule has 1 fully saturated rings. The van der Waals surface area contributed by atoms with Gasteiger partial charge in [-0.05, 0) is 86.0 Å². The summed E-state index contributed by atoms with van der Waals surface area (Å²) in [4.78, 5) is 0. The highest BCUT2D eigenvalue weighted by Gasteiger charge is 2.29. The number of benzene rings is 1. The molecular formula is C24H36O. The lowest BCUT2D eigenvalue weighted by atomic mass is 9.69. The summed E-state index contributed by atoms with van der Waals surface area (Å²) in [6, 6.07) is 6.83. The molecule has 0 aliphatic heterocycles. The SMILES string of the molecule is C=CCCCOc1ccc2c(c1)CCC(C1CCC(CCC)CC1)C2. The van der Waals surface area contributed by atoms with Gasteiger partial charge in [0.25, 0.3) is 0 Å². The number of ether oxygens (including phenoxy) is 1. The van der Waals surface area contributed by atoms with E-state index in [1.54, 1.807) is 5.56 Å². The van der Waals surface area contributed by atoms with Gasteiger partial charge in [0.15, 0.2) is 0 Å². The lowest BCUT2D eigenvalue weighted by molar-refractivity contribution is 0.184. The zero-order valence-electron chi connectivity index (χ0n) is 16.1. The number of allylic oxidation sites excluding steroid dienone is 1. The fourth-order valence-electron chi connectivity index (χ4n) is 5.03. The Hall–Kier alpha value is -1.24. The average Bonchev–Trinajstić information content (AvgIpc) is 2.66. The van der Waals surface area contributed by atoms with Gasteiger partial charge >= 0.3 is 0 Å². The molecule has 25 heavy (non-hydrogen) atoms. The van der Waals surface area contributed by atoms with Crippen molar-refractivity contribution in [3.63, 3.8) is 0 Å². The molecule has 0 bridgehead atoms. The molecule has 2 aliphatic carbocycles. The summed E-state index contributed by atoms with van der Waals surface area (Å²) in [5.41, 5.74) is 3.13. The number of aryl methyl sites for hydroxylation is 1. The number of fused-ring (bicyclic) bond motifs is 1. The largest absolute Gasteiger partial charge is 0.494 e. The van der Waals surface area contributed by atoms with Gasteiger partial charge < -0.3 is 4.74 Å². The van der Waals surface area contributed by atoms with Crippen molar-refractivity contribution >= 4 is 0 Å². The van der Waals surface area contributed by atoms with Crippen LogP contribution in [0.1, 0.15) is 75.8 Å². The van der Waals surface area contributed by atoms with Gasteiger partial charge in [-0.25, -0.2) is 0 Å². The Morgan fingerprint density at radius 2 is 1.92 bits per heavy atom. The van der Waals surface area contributed by atoms with Crippen LogP contribution in [0.3, 0.4) is 0 Å². The Bertz CT molecular complexity index is 539. The van der Waals surface area contributed by atoms with E-state index in [0.717, 1.165) is 43.0 Å². The summed E-state index contributed by atoms with van der Waals surface area (Å²) >= 11 is 0. The third-order valence-corrected chi connectivity index (χ3v) is 6.52. The zero-order chi connectivity index (χ0) is 17.5. The summed E-state index contributed by atoms with van der Waals surface area (Å²) in [6.45, 7) is 6.90. The third kappa shape index (κ3) is 5.12. The molecule has 0 saturated heterocycles. The number of rotatable bonds is 8. The first-order valence-corrected chi connectivity index (χ1v) is 10.7. The Morgan fingerprint density at radius 3 is 2.68 bits per heavy atom. The van der Waals surface area contributed by atoms with Gasteiger partial charge in [-0.15, -0.1) is 6.58 Å². The first-order valence-electron chi connectivity index (χ1n) is 10.7. The summed E-state index contributed by atoms with van der Waals surface area (Å²) in [7, 11) is 0. The van der Waals surface area contributed by atoms with Crippen LogP contribution in [0.5, 0.6) is 5.75 Å². The van der Waals surface area contributed by atoms with Gasteiger partial charge in [0.05, 0.1) is 6.61 Å². The first-order chi connectivity index (χ1) is 12.3. The number of unbranched alkanes of at least 4 members (excludes halogenated alkanes) is 1.